The van der Waals surface area contributed by atoms with Gasteiger partial charge >= 0.3 is 0 Å². The van der Waals surface area contributed by atoms with Crippen LogP contribution in [0, 0.1) is 5.82 Å². The molecule has 0 fully saturated rings. The first-order valence-electron chi connectivity index (χ1n) is 6.35. The van der Waals surface area contributed by atoms with E-state index in [4.69, 9.17) is 4.74 Å². The first-order valence-corrected chi connectivity index (χ1v) is 6.35. The van der Waals surface area contributed by atoms with Gasteiger partial charge in [0.05, 0.1) is 19.2 Å². The number of hydrogen-bond donors (Lipinski definition) is 1. The van der Waals surface area contributed by atoms with Gasteiger partial charge in [-0.3, -0.25) is 9.59 Å². The van der Waals surface area contributed by atoms with Gasteiger partial charge in [0.1, 0.15) is 11.6 Å². The summed E-state index contributed by atoms with van der Waals surface area (Å²) in [5.41, 5.74) is -0.0865. The number of rotatable bonds is 6. The molecular weight excluding hydrogens is 263 g/mol. The number of halogens is 1. The molecule has 0 saturated carbocycles. The molecule has 20 heavy (non-hydrogen) atoms. The summed E-state index contributed by atoms with van der Waals surface area (Å²) < 4.78 is 18.6. The van der Waals surface area contributed by atoms with Crippen LogP contribution in [0.4, 0.5) is 4.39 Å². The van der Waals surface area contributed by atoms with Crippen molar-refractivity contribution in [1.82, 2.24) is 10.2 Å². The van der Waals surface area contributed by atoms with E-state index in [9.17, 15) is 14.0 Å². The van der Waals surface area contributed by atoms with E-state index in [0.717, 1.165) is 12.5 Å². The molecule has 0 aliphatic rings. The zero-order valence-electron chi connectivity index (χ0n) is 11.9. The molecule has 1 aromatic rings. The highest BCUT2D eigenvalue weighted by atomic mass is 19.1. The highest BCUT2D eigenvalue weighted by molar-refractivity contribution is 5.96. The molecule has 0 radical (unpaired) electrons. The monoisotopic (exact) mass is 282 g/mol. The van der Waals surface area contributed by atoms with Crippen LogP contribution in [-0.4, -0.2) is 44.0 Å². The van der Waals surface area contributed by atoms with Crippen molar-refractivity contribution in [3.63, 3.8) is 0 Å². The van der Waals surface area contributed by atoms with Gasteiger partial charge in [-0.25, -0.2) is 4.39 Å². The Morgan fingerprint density at radius 3 is 2.65 bits per heavy atom. The molecule has 0 heterocycles. The van der Waals surface area contributed by atoms with Gasteiger partial charge < -0.3 is 15.0 Å². The van der Waals surface area contributed by atoms with E-state index in [2.05, 4.69) is 5.32 Å². The van der Waals surface area contributed by atoms with Crippen molar-refractivity contribution < 1.29 is 18.7 Å². The van der Waals surface area contributed by atoms with Crippen LogP contribution in [0.3, 0.4) is 0 Å². The summed E-state index contributed by atoms with van der Waals surface area (Å²) in [5, 5.41) is 2.66. The Morgan fingerprint density at radius 1 is 1.40 bits per heavy atom. The van der Waals surface area contributed by atoms with Crippen LogP contribution >= 0.6 is 0 Å². The van der Waals surface area contributed by atoms with Crippen molar-refractivity contribution in [2.75, 3.05) is 27.2 Å². The molecule has 1 aromatic carbocycles. The number of benzene rings is 1. The molecular formula is C14H19FN2O3. The third kappa shape index (κ3) is 4.22. The number of likely N-dealkylation sites (N-methyl/N-ethyl adjacent to an activating group) is 1. The largest absolute Gasteiger partial charge is 0.497 e. The summed E-state index contributed by atoms with van der Waals surface area (Å²) in [5.74, 6) is -1.15. The van der Waals surface area contributed by atoms with Crippen LogP contribution in [0.15, 0.2) is 18.2 Å². The minimum Gasteiger partial charge on any atom is -0.497 e. The molecule has 0 aromatic heterocycles. The number of carbonyl (C=O) groups excluding carboxylic acids is 2. The highest BCUT2D eigenvalue weighted by Crippen LogP contribution is 2.17. The van der Waals surface area contributed by atoms with E-state index in [-0.39, 0.29) is 18.0 Å². The summed E-state index contributed by atoms with van der Waals surface area (Å²) in [6.45, 7) is 2.38. The first kappa shape index (κ1) is 15.9. The van der Waals surface area contributed by atoms with Crippen molar-refractivity contribution in [1.29, 1.82) is 0 Å². The lowest BCUT2D eigenvalue weighted by Gasteiger charge is -2.17. The lowest BCUT2D eigenvalue weighted by Crippen LogP contribution is -2.38. The van der Waals surface area contributed by atoms with Gasteiger partial charge in [0, 0.05) is 19.7 Å². The number of amides is 2. The Hall–Kier alpha value is -2.11. The van der Waals surface area contributed by atoms with Crippen molar-refractivity contribution in [2.45, 2.75) is 13.3 Å². The summed E-state index contributed by atoms with van der Waals surface area (Å²) in [4.78, 5) is 24.7. The Morgan fingerprint density at radius 2 is 2.10 bits per heavy atom. The highest BCUT2D eigenvalue weighted by Gasteiger charge is 2.18. The predicted molar refractivity (Wildman–Crippen MR) is 73.2 cm³/mol. The molecule has 2 amide bonds. The lowest BCUT2D eigenvalue weighted by atomic mass is 10.2. The van der Waals surface area contributed by atoms with Gasteiger partial charge in [-0.15, -0.1) is 0 Å². The molecule has 1 N–H and O–H groups in total. The van der Waals surface area contributed by atoms with Crippen LogP contribution in [0.25, 0.3) is 0 Å². The van der Waals surface area contributed by atoms with E-state index < -0.39 is 11.7 Å². The molecule has 1 rings (SSSR count). The molecule has 0 atom stereocenters. The summed E-state index contributed by atoms with van der Waals surface area (Å²) in [7, 11) is 2.87. The quantitative estimate of drug-likeness (QED) is 0.858. The second-order valence-electron chi connectivity index (χ2n) is 4.36. The third-order valence-corrected chi connectivity index (χ3v) is 2.71. The Labute approximate surface area is 117 Å². The molecule has 6 heteroatoms. The van der Waals surface area contributed by atoms with Crippen molar-refractivity contribution >= 4 is 11.8 Å². The fourth-order valence-electron chi connectivity index (χ4n) is 1.61. The maximum Gasteiger partial charge on any atom is 0.257 e. The number of methoxy groups -OCH3 is 1. The molecule has 0 aliphatic carbocycles. The standard InChI is InChI=1S/C14H19FN2O3/c1-4-7-16-13(18)9-17(2)14(19)11-6-5-10(20-3)8-12(11)15/h5-6,8H,4,7,9H2,1-3H3,(H,16,18). The molecule has 5 nitrogen and oxygen atoms in total. The topological polar surface area (TPSA) is 58.6 Å². The van der Waals surface area contributed by atoms with Crippen LogP contribution in [0.5, 0.6) is 5.75 Å². The summed E-state index contributed by atoms with van der Waals surface area (Å²) >= 11 is 0. The average Bonchev–Trinajstić information content (AvgIpc) is 2.44. The van der Waals surface area contributed by atoms with E-state index >= 15 is 0 Å². The Bertz CT molecular complexity index is 491. The number of ether oxygens (including phenoxy) is 1. The van der Waals surface area contributed by atoms with Gasteiger partial charge in [-0.2, -0.15) is 0 Å². The molecule has 110 valence electrons. The average molecular weight is 282 g/mol. The van der Waals surface area contributed by atoms with Crippen molar-refractivity contribution in [2.24, 2.45) is 0 Å². The van der Waals surface area contributed by atoms with Crippen LogP contribution in [0.1, 0.15) is 23.7 Å². The van der Waals surface area contributed by atoms with E-state index in [1.807, 2.05) is 6.92 Å². The number of carbonyl (C=O) groups is 2. The number of nitrogens with zero attached hydrogens (tertiary/aromatic N) is 1. The molecule has 0 saturated heterocycles. The van der Waals surface area contributed by atoms with Gasteiger partial charge in [-0.05, 0) is 18.6 Å². The molecule has 0 aliphatic heterocycles. The Balaban J connectivity index is 2.71. The fraction of sp³-hybridized carbons (Fsp3) is 0.429. The smallest absolute Gasteiger partial charge is 0.257 e. The maximum atomic E-state index is 13.8. The fourth-order valence-corrected chi connectivity index (χ4v) is 1.61. The second-order valence-corrected chi connectivity index (χ2v) is 4.36. The van der Waals surface area contributed by atoms with E-state index in [1.54, 1.807) is 0 Å². The maximum absolute atomic E-state index is 13.8. The van der Waals surface area contributed by atoms with Gasteiger partial charge in [0.15, 0.2) is 0 Å². The lowest BCUT2D eigenvalue weighted by molar-refractivity contribution is -0.121. The second kappa shape index (κ2) is 7.47. The summed E-state index contributed by atoms with van der Waals surface area (Å²) in [6.07, 6.45) is 0.816. The minimum absolute atomic E-state index is 0.0865. The third-order valence-electron chi connectivity index (χ3n) is 2.71. The van der Waals surface area contributed by atoms with Crippen LogP contribution in [0.2, 0.25) is 0 Å². The van der Waals surface area contributed by atoms with Crippen LogP contribution in [-0.2, 0) is 4.79 Å². The Kier molecular flexibility index (Phi) is 5.96. The molecule has 0 unspecified atom stereocenters. The SMILES string of the molecule is CCCNC(=O)CN(C)C(=O)c1ccc(OC)cc1F. The molecule has 0 spiro atoms. The van der Waals surface area contributed by atoms with Crippen molar-refractivity contribution in [3.05, 3.63) is 29.6 Å². The minimum atomic E-state index is -0.671. The number of hydrogen-bond acceptors (Lipinski definition) is 3. The van der Waals surface area contributed by atoms with Crippen LogP contribution < -0.4 is 10.1 Å². The summed E-state index contributed by atoms with van der Waals surface area (Å²) in [6, 6.07) is 3.98. The predicted octanol–water partition coefficient (Wildman–Crippen LogP) is 1.43. The van der Waals surface area contributed by atoms with Crippen molar-refractivity contribution in [3.8, 4) is 5.75 Å². The van der Waals surface area contributed by atoms with E-state index in [1.165, 1.54) is 31.2 Å². The number of nitrogens with one attached hydrogen (secondary N) is 1. The van der Waals surface area contributed by atoms with Gasteiger partial charge in [0.25, 0.3) is 5.91 Å². The zero-order chi connectivity index (χ0) is 15.1. The zero-order valence-corrected chi connectivity index (χ0v) is 11.9. The van der Waals surface area contributed by atoms with Gasteiger partial charge in [-0.1, -0.05) is 6.92 Å². The van der Waals surface area contributed by atoms with E-state index in [0.29, 0.717) is 12.3 Å². The first-order chi connectivity index (χ1) is 9.49. The molecule has 0 bridgehead atoms. The van der Waals surface area contributed by atoms with Gasteiger partial charge in [0.2, 0.25) is 5.91 Å². The normalized spacial score (nSPS) is 10.0.